The second kappa shape index (κ2) is 9.25. The van der Waals surface area contributed by atoms with Gasteiger partial charge in [0.1, 0.15) is 18.1 Å². The topological polar surface area (TPSA) is 83.9 Å². The lowest BCUT2D eigenvalue weighted by molar-refractivity contribution is -0.137. The third-order valence-corrected chi connectivity index (χ3v) is 6.40. The van der Waals surface area contributed by atoms with Crippen LogP contribution in [0, 0.1) is 6.92 Å². The molecule has 3 heterocycles. The number of aliphatic carboxylic acids is 1. The summed E-state index contributed by atoms with van der Waals surface area (Å²) in [6.45, 7) is 5.95. The molecule has 0 fully saturated rings. The number of ether oxygens (including phenoxy) is 2. The van der Waals surface area contributed by atoms with E-state index in [1.165, 1.54) is 0 Å². The van der Waals surface area contributed by atoms with Crippen molar-refractivity contribution >= 4 is 23.0 Å². The minimum atomic E-state index is -0.808. The van der Waals surface area contributed by atoms with E-state index in [4.69, 9.17) is 14.6 Å². The molecule has 2 aliphatic heterocycles. The van der Waals surface area contributed by atoms with Gasteiger partial charge in [0, 0.05) is 41.0 Å². The molecule has 0 saturated heterocycles. The number of carboxylic acid groups (broad SMARTS) is 1. The highest BCUT2D eigenvalue weighted by Gasteiger charge is 2.30. The van der Waals surface area contributed by atoms with Crippen LogP contribution in [0.15, 0.2) is 54.7 Å². The lowest BCUT2D eigenvalue weighted by Gasteiger charge is -2.26. The number of anilines is 3. The summed E-state index contributed by atoms with van der Waals surface area (Å²) in [5.41, 5.74) is 6.08. The van der Waals surface area contributed by atoms with Crippen LogP contribution >= 0.6 is 0 Å². The maximum absolute atomic E-state index is 11.1. The van der Waals surface area contributed by atoms with Crippen molar-refractivity contribution in [1.82, 2.24) is 4.98 Å². The molecule has 2 aliphatic rings. The molecule has 2 N–H and O–H groups in total. The van der Waals surface area contributed by atoms with Gasteiger partial charge >= 0.3 is 5.97 Å². The van der Waals surface area contributed by atoms with Gasteiger partial charge in [-0.05, 0) is 37.6 Å². The number of rotatable bonds is 8. The fraction of sp³-hybridized carbons (Fsp3) is 0.333. The molecule has 2 unspecified atom stereocenters. The lowest BCUT2D eigenvalue weighted by Crippen LogP contribution is -2.18. The molecule has 5 rings (SSSR count). The molecule has 1 aromatic heterocycles. The number of carbonyl (C=O) groups is 1. The number of hydrogen-bond donors (Lipinski definition) is 2. The molecule has 0 aliphatic carbocycles. The van der Waals surface area contributed by atoms with E-state index in [9.17, 15) is 4.79 Å². The van der Waals surface area contributed by atoms with Crippen LogP contribution in [0.25, 0.3) is 0 Å². The molecule has 0 bridgehead atoms. The Labute approximate surface area is 199 Å². The van der Waals surface area contributed by atoms with Gasteiger partial charge < -0.3 is 24.8 Å². The van der Waals surface area contributed by atoms with Crippen LogP contribution < -0.4 is 19.7 Å². The van der Waals surface area contributed by atoms with Gasteiger partial charge in [-0.2, -0.15) is 0 Å². The summed E-state index contributed by atoms with van der Waals surface area (Å²) < 4.78 is 12.0. The fourth-order valence-corrected chi connectivity index (χ4v) is 4.74. The number of para-hydroxylation sites is 1. The summed E-state index contributed by atoms with van der Waals surface area (Å²) >= 11 is 0. The molecule has 7 heteroatoms. The average Bonchev–Trinajstić information content (AvgIpc) is 3.42. The molecular weight excluding hydrogens is 430 g/mol. The fourth-order valence-electron chi connectivity index (χ4n) is 4.74. The van der Waals surface area contributed by atoms with Crippen molar-refractivity contribution in [3.8, 4) is 11.5 Å². The SMILES string of the molecule is CCCN(c1ccc(C)nc1)c1cccc2c1OCC2Nc1ccc2c(c1)OCC2CC(=O)O. The first-order chi connectivity index (χ1) is 16.5. The minimum absolute atomic E-state index is 0.00355. The summed E-state index contributed by atoms with van der Waals surface area (Å²) in [7, 11) is 0. The Morgan fingerprint density at radius 3 is 2.79 bits per heavy atom. The van der Waals surface area contributed by atoms with Gasteiger partial charge in [-0.1, -0.05) is 25.1 Å². The van der Waals surface area contributed by atoms with Crippen molar-refractivity contribution in [3.63, 3.8) is 0 Å². The zero-order valence-electron chi connectivity index (χ0n) is 19.5. The van der Waals surface area contributed by atoms with E-state index in [2.05, 4.69) is 46.4 Å². The van der Waals surface area contributed by atoms with Crippen LogP contribution in [0.5, 0.6) is 11.5 Å². The zero-order valence-corrected chi connectivity index (χ0v) is 19.5. The standard InChI is InChI=1S/C27H29N3O4/c1-3-11-30(20-9-7-17(2)28-14-20)24-6-4-5-22-23(16-34-27(22)24)29-19-8-10-21-18(12-26(31)32)15-33-25(21)13-19/h4-10,13-14,18,23,29H,3,11-12,15-16H2,1-2H3,(H,31,32). The number of fused-ring (bicyclic) bond motifs is 2. The summed E-state index contributed by atoms with van der Waals surface area (Å²) in [6, 6.07) is 16.3. The predicted molar refractivity (Wildman–Crippen MR) is 132 cm³/mol. The molecule has 2 atom stereocenters. The summed E-state index contributed by atoms with van der Waals surface area (Å²) in [5, 5.41) is 12.7. The number of benzene rings is 2. The second-order valence-electron chi connectivity index (χ2n) is 8.87. The van der Waals surface area contributed by atoms with E-state index in [1.807, 2.05) is 37.4 Å². The van der Waals surface area contributed by atoms with E-state index in [-0.39, 0.29) is 18.4 Å². The Morgan fingerprint density at radius 2 is 2.03 bits per heavy atom. The summed E-state index contributed by atoms with van der Waals surface area (Å²) in [6.07, 6.45) is 2.99. The minimum Gasteiger partial charge on any atom is -0.493 e. The highest BCUT2D eigenvalue weighted by atomic mass is 16.5. The number of aromatic nitrogens is 1. The molecule has 176 valence electrons. The molecule has 0 radical (unpaired) electrons. The molecule has 34 heavy (non-hydrogen) atoms. The van der Waals surface area contributed by atoms with Crippen molar-refractivity contribution in [2.24, 2.45) is 0 Å². The van der Waals surface area contributed by atoms with E-state index in [1.54, 1.807) is 0 Å². The molecule has 0 amide bonds. The van der Waals surface area contributed by atoms with Crippen molar-refractivity contribution < 1.29 is 19.4 Å². The van der Waals surface area contributed by atoms with Gasteiger partial charge in [0.25, 0.3) is 0 Å². The first kappa shape index (κ1) is 22.1. The number of nitrogens with one attached hydrogen (secondary N) is 1. The predicted octanol–water partition coefficient (Wildman–Crippen LogP) is 5.43. The van der Waals surface area contributed by atoms with Gasteiger partial charge in [0.05, 0.1) is 36.6 Å². The van der Waals surface area contributed by atoms with E-state index >= 15 is 0 Å². The van der Waals surface area contributed by atoms with Crippen molar-refractivity contribution in [2.75, 3.05) is 30.0 Å². The number of carboxylic acids is 1. The number of nitrogens with zero attached hydrogens (tertiary/aromatic N) is 2. The number of pyridine rings is 1. The molecule has 2 aromatic carbocycles. The quantitative estimate of drug-likeness (QED) is 0.464. The van der Waals surface area contributed by atoms with Crippen molar-refractivity contribution in [3.05, 3.63) is 71.5 Å². The van der Waals surface area contributed by atoms with Crippen LogP contribution in [0.3, 0.4) is 0 Å². The maximum Gasteiger partial charge on any atom is 0.304 e. The van der Waals surface area contributed by atoms with Crippen molar-refractivity contribution in [1.29, 1.82) is 0 Å². The number of aryl methyl sites for hydroxylation is 1. The molecular formula is C27H29N3O4. The van der Waals surface area contributed by atoms with E-state index < -0.39 is 5.97 Å². The first-order valence-electron chi connectivity index (χ1n) is 11.7. The van der Waals surface area contributed by atoms with Gasteiger partial charge in [-0.3, -0.25) is 9.78 Å². The zero-order chi connectivity index (χ0) is 23.7. The highest BCUT2D eigenvalue weighted by molar-refractivity contribution is 5.73. The van der Waals surface area contributed by atoms with Gasteiger partial charge in [0.15, 0.2) is 0 Å². The Bertz CT molecular complexity index is 1190. The summed E-state index contributed by atoms with van der Waals surface area (Å²) in [4.78, 5) is 17.9. The Morgan fingerprint density at radius 1 is 1.15 bits per heavy atom. The van der Waals surface area contributed by atoms with Crippen molar-refractivity contribution in [2.45, 2.75) is 38.6 Å². The Balaban J connectivity index is 1.39. The van der Waals surface area contributed by atoms with Gasteiger partial charge in [-0.15, -0.1) is 0 Å². The monoisotopic (exact) mass is 459 g/mol. The van der Waals surface area contributed by atoms with Gasteiger partial charge in [0.2, 0.25) is 0 Å². The van der Waals surface area contributed by atoms with Crippen LogP contribution in [0.4, 0.5) is 17.1 Å². The second-order valence-corrected chi connectivity index (χ2v) is 8.87. The molecule has 7 nitrogen and oxygen atoms in total. The molecule has 0 spiro atoms. The lowest BCUT2D eigenvalue weighted by atomic mass is 9.97. The third-order valence-electron chi connectivity index (χ3n) is 6.40. The smallest absolute Gasteiger partial charge is 0.304 e. The van der Waals surface area contributed by atoms with Crippen LogP contribution in [0.1, 0.15) is 48.5 Å². The largest absolute Gasteiger partial charge is 0.493 e. The molecule has 3 aromatic rings. The van der Waals surface area contributed by atoms with E-state index in [0.717, 1.165) is 58.3 Å². The first-order valence-corrected chi connectivity index (χ1v) is 11.7. The molecule has 0 saturated carbocycles. The Hall–Kier alpha value is -3.74. The average molecular weight is 460 g/mol. The van der Waals surface area contributed by atoms with Crippen LogP contribution in [0.2, 0.25) is 0 Å². The normalized spacial score (nSPS) is 17.9. The van der Waals surface area contributed by atoms with Gasteiger partial charge in [-0.25, -0.2) is 0 Å². The Kier molecular flexibility index (Phi) is 6.01. The summed E-state index contributed by atoms with van der Waals surface area (Å²) in [5.74, 6) is 0.747. The maximum atomic E-state index is 11.1. The highest BCUT2D eigenvalue weighted by Crippen LogP contribution is 2.44. The van der Waals surface area contributed by atoms with E-state index in [0.29, 0.717) is 13.2 Å². The third kappa shape index (κ3) is 4.25. The van der Waals surface area contributed by atoms with Crippen LogP contribution in [-0.2, 0) is 4.79 Å². The van der Waals surface area contributed by atoms with Crippen LogP contribution in [-0.4, -0.2) is 35.8 Å². The number of hydrogen-bond acceptors (Lipinski definition) is 6.